The van der Waals surface area contributed by atoms with E-state index in [2.05, 4.69) is 93.7 Å². The average molecular weight is 425 g/mol. The number of hydrogen-bond donors (Lipinski definition) is 2. The van der Waals surface area contributed by atoms with Crippen molar-refractivity contribution in [1.29, 1.82) is 0 Å². The summed E-state index contributed by atoms with van der Waals surface area (Å²) in [5, 5.41) is 5.99. The van der Waals surface area contributed by atoms with Gasteiger partial charge in [-0.3, -0.25) is 14.4 Å². The van der Waals surface area contributed by atoms with Crippen molar-refractivity contribution >= 4 is 17.6 Å². The Morgan fingerprint density at radius 3 is 1.30 bits per heavy atom. The number of carbonyl (C=O) groups is 3. The minimum atomic E-state index is -0.589. The molecule has 0 rings (SSSR count). The maximum Gasteiger partial charge on any atom is 0.287 e. The number of hydrogen-bond acceptors (Lipinski definition) is 3. The van der Waals surface area contributed by atoms with E-state index in [1.165, 1.54) is 0 Å². The third-order valence-corrected chi connectivity index (χ3v) is 5.20. The van der Waals surface area contributed by atoms with Crippen molar-refractivity contribution in [2.45, 2.75) is 121 Å². The van der Waals surface area contributed by atoms with Crippen LogP contribution in [0.25, 0.3) is 0 Å². The van der Waals surface area contributed by atoms with Gasteiger partial charge in [0.2, 0.25) is 11.7 Å². The number of Topliss-reactive ketones (excluding diaryl/α,β-unsaturated/α-hetero) is 1. The molecule has 0 aromatic rings. The third-order valence-electron chi connectivity index (χ3n) is 5.20. The van der Waals surface area contributed by atoms with Gasteiger partial charge in [0, 0.05) is 24.9 Å². The third kappa shape index (κ3) is 12.3. The fourth-order valence-corrected chi connectivity index (χ4v) is 3.22. The molecule has 2 amide bonds. The van der Waals surface area contributed by atoms with E-state index < -0.39 is 11.7 Å². The van der Waals surface area contributed by atoms with Crippen LogP contribution in [0.3, 0.4) is 0 Å². The van der Waals surface area contributed by atoms with E-state index in [1.54, 1.807) is 0 Å². The van der Waals surface area contributed by atoms with E-state index in [0.717, 1.165) is 12.8 Å². The van der Waals surface area contributed by atoms with Gasteiger partial charge in [0.05, 0.1) is 0 Å². The Balaban J connectivity index is 4.90. The summed E-state index contributed by atoms with van der Waals surface area (Å²) in [6.07, 6.45) is 1.58. The SMILES string of the molecule is CC(C)(C)CC(NC(=O)CCC(=O)C(=O)NC(CC(C)(C)C)C(C)(C)C)C(C)(C)C. The second-order valence-corrected chi connectivity index (χ2v) is 13.3. The summed E-state index contributed by atoms with van der Waals surface area (Å²) in [6, 6.07) is -0.106. The van der Waals surface area contributed by atoms with Crippen LogP contribution in [-0.2, 0) is 14.4 Å². The molecule has 0 aliphatic heterocycles. The predicted octanol–water partition coefficient (Wildman–Crippen LogP) is 5.27. The van der Waals surface area contributed by atoms with Gasteiger partial charge in [-0.1, -0.05) is 83.1 Å². The number of rotatable bonds is 8. The van der Waals surface area contributed by atoms with Crippen LogP contribution in [0.1, 0.15) is 109 Å². The average Bonchev–Trinajstić information content (AvgIpc) is 2.46. The first-order valence-corrected chi connectivity index (χ1v) is 11.2. The first-order valence-electron chi connectivity index (χ1n) is 11.2. The highest BCUT2D eigenvalue weighted by atomic mass is 16.2. The van der Waals surface area contributed by atoms with Crippen molar-refractivity contribution in [2.75, 3.05) is 0 Å². The molecule has 5 nitrogen and oxygen atoms in total. The summed E-state index contributed by atoms with van der Waals surface area (Å²) < 4.78 is 0. The van der Waals surface area contributed by atoms with Crippen molar-refractivity contribution in [3.8, 4) is 0 Å². The van der Waals surface area contributed by atoms with Crippen LogP contribution >= 0.6 is 0 Å². The summed E-state index contributed by atoms with van der Waals surface area (Å²) in [5.74, 6) is -1.30. The fourth-order valence-electron chi connectivity index (χ4n) is 3.22. The monoisotopic (exact) mass is 424 g/mol. The van der Waals surface area contributed by atoms with Crippen LogP contribution in [0.4, 0.5) is 0 Å². The Kier molecular flexibility index (Phi) is 9.80. The van der Waals surface area contributed by atoms with E-state index in [9.17, 15) is 14.4 Å². The Labute approximate surface area is 185 Å². The van der Waals surface area contributed by atoms with Gasteiger partial charge in [-0.25, -0.2) is 0 Å². The van der Waals surface area contributed by atoms with Gasteiger partial charge in [0.15, 0.2) is 0 Å². The number of carbonyl (C=O) groups excluding carboxylic acids is 3. The van der Waals surface area contributed by atoms with Gasteiger partial charge < -0.3 is 10.6 Å². The van der Waals surface area contributed by atoms with Crippen LogP contribution in [0.2, 0.25) is 0 Å². The zero-order chi connectivity index (χ0) is 24.1. The van der Waals surface area contributed by atoms with Crippen molar-refractivity contribution in [3.63, 3.8) is 0 Å². The molecular weight excluding hydrogens is 376 g/mol. The molecule has 0 aliphatic carbocycles. The number of nitrogens with one attached hydrogen (secondary N) is 2. The van der Waals surface area contributed by atoms with Crippen LogP contribution in [0.15, 0.2) is 0 Å². The summed E-state index contributed by atoms with van der Waals surface area (Å²) in [6.45, 7) is 25.3. The lowest BCUT2D eigenvalue weighted by atomic mass is 9.76. The molecule has 176 valence electrons. The quantitative estimate of drug-likeness (QED) is 0.521. The Morgan fingerprint density at radius 1 is 0.600 bits per heavy atom. The van der Waals surface area contributed by atoms with E-state index in [1.807, 2.05) is 0 Å². The number of ketones is 1. The maximum absolute atomic E-state index is 12.5. The highest BCUT2D eigenvalue weighted by molar-refractivity contribution is 6.36. The minimum Gasteiger partial charge on any atom is -0.353 e. The van der Waals surface area contributed by atoms with Gasteiger partial charge in [-0.2, -0.15) is 0 Å². The van der Waals surface area contributed by atoms with Crippen LogP contribution < -0.4 is 10.6 Å². The van der Waals surface area contributed by atoms with E-state index >= 15 is 0 Å². The molecule has 0 bridgehead atoms. The molecule has 0 fully saturated rings. The number of amides is 2. The minimum absolute atomic E-state index is 0.00554. The molecular formula is C25H48N2O3. The summed E-state index contributed by atoms with van der Waals surface area (Å²) in [5.41, 5.74) is -0.135. The van der Waals surface area contributed by atoms with Gasteiger partial charge in [0.1, 0.15) is 0 Å². The lowest BCUT2D eigenvalue weighted by molar-refractivity contribution is -0.139. The van der Waals surface area contributed by atoms with Gasteiger partial charge in [0.25, 0.3) is 5.91 Å². The molecule has 0 radical (unpaired) electrons. The van der Waals surface area contributed by atoms with Crippen LogP contribution in [0.5, 0.6) is 0 Å². The standard InChI is InChI=1S/C25H48N2O3/c1-22(2,3)15-18(24(7,8)9)26-20(29)14-13-17(28)21(30)27-19(25(10,11)12)16-23(4,5)6/h18-19H,13-16H2,1-12H3,(H,26,29)(H,27,30). The smallest absolute Gasteiger partial charge is 0.287 e. The molecule has 0 saturated carbocycles. The zero-order valence-corrected chi connectivity index (χ0v) is 21.7. The summed E-state index contributed by atoms with van der Waals surface area (Å²) >= 11 is 0. The topological polar surface area (TPSA) is 75.3 Å². The Bertz CT molecular complexity index is 596. The van der Waals surface area contributed by atoms with Gasteiger partial charge in [-0.15, -0.1) is 0 Å². The normalized spacial score (nSPS) is 15.3. The maximum atomic E-state index is 12.5. The van der Waals surface area contributed by atoms with Crippen molar-refractivity contribution in [2.24, 2.45) is 21.7 Å². The largest absolute Gasteiger partial charge is 0.353 e. The summed E-state index contributed by atoms with van der Waals surface area (Å²) in [4.78, 5) is 37.4. The van der Waals surface area contributed by atoms with E-state index in [4.69, 9.17) is 0 Å². The molecule has 2 N–H and O–H groups in total. The van der Waals surface area contributed by atoms with Crippen LogP contribution in [-0.4, -0.2) is 29.7 Å². The first-order chi connectivity index (χ1) is 13.1. The van der Waals surface area contributed by atoms with E-state index in [-0.39, 0.29) is 52.5 Å². The van der Waals surface area contributed by atoms with Gasteiger partial charge >= 0.3 is 0 Å². The highest BCUT2D eigenvalue weighted by Crippen LogP contribution is 2.31. The molecule has 30 heavy (non-hydrogen) atoms. The molecule has 0 heterocycles. The van der Waals surface area contributed by atoms with E-state index in [0.29, 0.717) is 0 Å². The molecule has 0 aromatic carbocycles. The van der Waals surface area contributed by atoms with Crippen molar-refractivity contribution < 1.29 is 14.4 Å². The first kappa shape index (κ1) is 28.6. The summed E-state index contributed by atoms with van der Waals surface area (Å²) in [7, 11) is 0. The molecule has 0 aromatic heterocycles. The van der Waals surface area contributed by atoms with Gasteiger partial charge in [-0.05, 0) is 34.5 Å². The molecule has 5 heteroatoms. The Hall–Kier alpha value is -1.39. The molecule has 0 saturated heterocycles. The zero-order valence-electron chi connectivity index (χ0n) is 21.7. The lowest BCUT2D eigenvalue weighted by Gasteiger charge is -2.36. The highest BCUT2D eigenvalue weighted by Gasteiger charge is 2.33. The molecule has 0 aliphatic rings. The second-order valence-electron chi connectivity index (χ2n) is 13.3. The lowest BCUT2D eigenvalue weighted by Crippen LogP contribution is -2.48. The molecule has 2 unspecified atom stereocenters. The molecule has 2 atom stereocenters. The fraction of sp³-hybridized carbons (Fsp3) is 0.880. The second kappa shape index (κ2) is 10.3. The Morgan fingerprint density at radius 2 is 0.967 bits per heavy atom. The van der Waals surface area contributed by atoms with Crippen molar-refractivity contribution in [1.82, 2.24) is 10.6 Å². The predicted molar refractivity (Wildman–Crippen MR) is 125 cm³/mol. The van der Waals surface area contributed by atoms with Crippen molar-refractivity contribution in [3.05, 3.63) is 0 Å². The molecule has 0 spiro atoms. The van der Waals surface area contributed by atoms with Crippen LogP contribution in [0, 0.1) is 21.7 Å².